The van der Waals surface area contributed by atoms with Gasteiger partial charge in [-0.2, -0.15) is 4.31 Å². The highest BCUT2D eigenvalue weighted by Gasteiger charge is 2.25. The Morgan fingerprint density at radius 3 is 2.07 bits per heavy atom. The van der Waals surface area contributed by atoms with Gasteiger partial charge in [0.15, 0.2) is 0 Å². The first kappa shape index (κ1) is 22.1. The van der Waals surface area contributed by atoms with E-state index in [-0.39, 0.29) is 18.1 Å². The minimum atomic E-state index is -3.53. The zero-order valence-corrected chi connectivity index (χ0v) is 17.9. The Kier molecular flexibility index (Phi) is 7.70. The first-order valence-corrected chi connectivity index (χ1v) is 11.5. The van der Waals surface area contributed by atoms with E-state index >= 15 is 0 Å². The molecule has 0 spiro atoms. The molecule has 0 aliphatic carbocycles. The molecule has 0 saturated carbocycles. The summed E-state index contributed by atoms with van der Waals surface area (Å²) in [6, 6.07) is 13.0. The molecule has 1 saturated heterocycles. The van der Waals surface area contributed by atoms with Gasteiger partial charge in [0.25, 0.3) is 0 Å². The van der Waals surface area contributed by atoms with Crippen molar-refractivity contribution in [1.82, 2.24) is 4.31 Å². The van der Waals surface area contributed by atoms with E-state index in [0.717, 1.165) is 31.4 Å². The van der Waals surface area contributed by atoms with Gasteiger partial charge in [-0.15, -0.1) is 0 Å². The summed E-state index contributed by atoms with van der Waals surface area (Å²) < 4.78 is 42.9. The van der Waals surface area contributed by atoms with E-state index in [9.17, 15) is 13.2 Å². The van der Waals surface area contributed by atoms with Crippen molar-refractivity contribution in [3.8, 4) is 11.5 Å². The van der Waals surface area contributed by atoms with Crippen LogP contribution in [0.15, 0.2) is 53.4 Å². The minimum absolute atomic E-state index is 0.0820. The maximum atomic E-state index is 12.8. The van der Waals surface area contributed by atoms with Crippen molar-refractivity contribution in [3.63, 3.8) is 0 Å². The molecule has 0 bridgehead atoms. The standard InChI is InChI=1S/C22H27NO6S/c1-27-19-8-10-20(11-9-19)28-16-17-29-22(24)18-6-12-21(13-7-18)30(25,26)23-14-4-2-3-5-15-23/h6-13H,2-5,14-17H2,1H3. The van der Waals surface area contributed by atoms with Crippen LogP contribution in [-0.2, 0) is 14.8 Å². The SMILES string of the molecule is COc1ccc(OCCOC(=O)c2ccc(S(=O)(=O)N3CCCCCC3)cc2)cc1. The van der Waals surface area contributed by atoms with Crippen LogP contribution in [0.3, 0.4) is 0 Å². The third-order valence-corrected chi connectivity index (χ3v) is 6.85. The van der Waals surface area contributed by atoms with Gasteiger partial charge >= 0.3 is 5.97 Å². The molecule has 30 heavy (non-hydrogen) atoms. The second-order valence-electron chi connectivity index (χ2n) is 7.00. The summed E-state index contributed by atoms with van der Waals surface area (Å²) in [6.07, 6.45) is 3.86. The van der Waals surface area contributed by atoms with Crippen LogP contribution in [0.25, 0.3) is 0 Å². The normalized spacial score (nSPS) is 15.2. The van der Waals surface area contributed by atoms with Gasteiger partial charge in [-0.3, -0.25) is 0 Å². The smallest absolute Gasteiger partial charge is 0.338 e. The van der Waals surface area contributed by atoms with Crippen molar-refractivity contribution in [1.29, 1.82) is 0 Å². The number of esters is 1. The number of sulfonamides is 1. The molecule has 7 nitrogen and oxygen atoms in total. The van der Waals surface area contributed by atoms with E-state index < -0.39 is 16.0 Å². The second kappa shape index (κ2) is 10.4. The van der Waals surface area contributed by atoms with Crippen LogP contribution < -0.4 is 9.47 Å². The van der Waals surface area contributed by atoms with Crippen LogP contribution in [0.1, 0.15) is 36.0 Å². The van der Waals surface area contributed by atoms with Crippen LogP contribution in [0.5, 0.6) is 11.5 Å². The number of benzene rings is 2. The lowest BCUT2D eigenvalue weighted by Gasteiger charge is -2.20. The minimum Gasteiger partial charge on any atom is -0.497 e. The number of nitrogens with zero attached hydrogens (tertiary/aromatic N) is 1. The Morgan fingerprint density at radius 2 is 1.47 bits per heavy atom. The molecule has 1 heterocycles. The summed E-state index contributed by atoms with van der Waals surface area (Å²) >= 11 is 0. The molecule has 1 fully saturated rings. The number of carbonyl (C=O) groups excluding carboxylic acids is 1. The Morgan fingerprint density at radius 1 is 0.867 bits per heavy atom. The van der Waals surface area contributed by atoms with Crippen molar-refractivity contribution >= 4 is 16.0 Å². The fraction of sp³-hybridized carbons (Fsp3) is 0.409. The van der Waals surface area contributed by atoms with Gasteiger partial charge in [-0.1, -0.05) is 12.8 Å². The average Bonchev–Trinajstić information content (AvgIpc) is 3.07. The molecule has 162 valence electrons. The van der Waals surface area contributed by atoms with Gasteiger partial charge in [-0.05, 0) is 61.4 Å². The molecule has 0 unspecified atom stereocenters. The number of hydrogen-bond acceptors (Lipinski definition) is 6. The van der Waals surface area contributed by atoms with Crippen molar-refractivity contribution in [2.24, 2.45) is 0 Å². The van der Waals surface area contributed by atoms with Gasteiger partial charge < -0.3 is 14.2 Å². The molecular weight excluding hydrogens is 406 g/mol. The van der Waals surface area contributed by atoms with Crippen molar-refractivity contribution < 1.29 is 27.4 Å². The monoisotopic (exact) mass is 433 g/mol. The number of methoxy groups -OCH3 is 1. The van der Waals surface area contributed by atoms with E-state index in [1.807, 2.05) is 0 Å². The average molecular weight is 434 g/mol. The molecule has 0 N–H and O–H groups in total. The molecule has 8 heteroatoms. The molecule has 1 aliphatic heterocycles. The highest BCUT2D eigenvalue weighted by Crippen LogP contribution is 2.21. The number of rotatable bonds is 8. The lowest BCUT2D eigenvalue weighted by atomic mass is 10.2. The maximum absolute atomic E-state index is 12.8. The summed E-state index contributed by atoms with van der Waals surface area (Å²) in [5, 5.41) is 0. The first-order chi connectivity index (χ1) is 14.5. The number of carbonyl (C=O) groups is 1. The van der Waals surface area contributed by atoms with E-state index in [1.54, 1.807) is 31.4 Å². The predicted octanol–water partition coefficient (Wildman–Crippen LogP) is 3.50. The van der Waals surface area contributed by atoms with E-state index in [4.69, 9.17) is 14.2 Å². The molecule has 3 rings (SSSR count). The highest BCUT2D eigenvalue weighted by molar-refractivity contribution is 7.89. The topological polar surface area (TPSA) is 82.1 Å². The molecule has 2 aromatic rings. The second-order valence-corrected chi connectivity index (χ2v) is 8.94. The summed E-state index contributed by atoms with van der Waals surface area (Å²) in [4.78, 5) is 12.4. The summed E-state index contributed by atoms with van der Waals surface area (Å²) in [6.45, 7) is 1.37. The summed E-state index contributed by atoms with van der Waals surface area (Å²) in [5.74, 6) is 0.858. The highest BCUT2D eigenvalue weighted by atomic mass is 32.2. The molecular formula is C22H27NO6S. The summed E-state index contributed by atoms with van der Waals surface area (Å²) in [5.41, 5.74) is 0.300. The Bertz CT molecular complexity index is 917. The fourth-order valence-corrected chi connectivity index (χ4v) is 4.76. The van der Waals surface area contributed by atoms with E-state index in [1.165, 1.54) is 28.6 Å². The molecule has 0 amide bonds. The van der Waals surface area contributed by atoms with Crippen LogP contribution in [-0.4, -0.2) is 52.1 Å². The molecule has 2 aromatic carbocycles. The first-order valence-electron chi connectivity index (χ1n) is 10.0. The molecule has 0 radical (unpaired) electrons. The number of ether oxygens (including phenoxy) is 3. The van der Waals surface area contributed by atoms with Crippen molar-refractivity contribution in [2.75, 3.05) is 33.4 Å². The van der Waals surface area contributed by atoms with Gasteiger partial charge in [-0.25, -0.2) is 13.2 Å². The molecule has 1 aliphatic rings. The van der Waals surface area contributed by atoms with Gasteiger partial charge in [0.1, 0.15) is 24.7 Å². The van der Waals surface area contributed by atoms with Crippen LogP contribution in [0, 0.1) is 0 Å². The zero-order valence-electron chi connectivity index (χ0n) is 17.1. The van der Waals surface area contributed by atoms with E-state index in [2.05, 4.69) is 0 Å². The third-order valence-electron chi connectivity index (χ3n) is 4.94. The molecule has 0 aromatic heterocycles. The third kappa shape index (κ3) is 5.73. The van der Waals surface area contributed by atoms with Gasteiger partial charge in [0, 0.05) is 13.1 Å². The Balaban J connectivity index is 1.50. The largest absolute Gasteiger partial charge is 0.497 e. The summed E-state index contributed by atoms with van der Waals surface area (Å²) in [7, 11) is -1.94. The van der Waals surface area contributed by atoms with E-state index in [0.29, 0.717) is 24.4 Å². The fourth-order valence-electron chi connectivity index (χ4n) is 3.24. The van der Waals surface area contributed by atoms with Crippen molar-refractivity contribution in [2.45, 2.75) is 30.6 Å². The van der Waals surface area contributed by atoms with Crippen LogP contribution >= 0.6 is 0 Å². The van der Waals surface area contributed by atoms with Crippen LogP contribution in [0.4, 0.5) is 0 Å². The lowest BCUT2D eigenvalue weighted by Crippen LogP contribution is -2.31. The van der Waals surface area contributed by atoms with Crippen molar-refractivity contribution in [3.05, 3.63) is 54.1 Å². The lowest BCUT2D eigenvalue weighted by molar-refractivity contribution is 0.0450. The quantitative estimate of drug-likeness (QED) is 0.468. The zero-order chi connectivity index (χ0) is 21.4. The van der Waals surface area contributed by atoms with Gasteiger partial charge in [0.2, 0.25) is 10.0 Å². The maximum Gasteiger partial charge on any atom is 0.338 e. The number of hydrogen-bond donors (Lipinski definition) is 0. The Hall–Kier alpha value is -2.58. The Labute approximate surface area is 177 Å². The predicted molar refractivity (Wildman–Crippen MR) is 112 cm³/mol. The van der Waals surface area contributed by atoms with Crippen LogP contribution in [0.2, 0.25) is 0 Å². The van der Waals surface area contributed by atoms with Gasteiger partial charge in [0.05, 0.1) is 17.6 Å². The molecule has 0 atom stereocenters.